The number of rotatable bonds is 4. The van der Waals surface area contributed by atoms with Crippen LogP contribution in [0.2, 0.25) is 0 Å². The molecule has 0 saturated carbocycles. The van der Waals surface area contributed by atoms with E-state index in [9.17, 15) is 4.79 Å². The van der Waals surface area contributed by atoms with Crippen molar-refractivity contribution < 1.29 is 14.3 Å². The van der Waals surface area contributed by atoms with Crippen molar-refractivity contribution in [3.05, 3.63) is 23.9 Å². The van der Waals surface area contributed by atoms with E-state index in [1.54, 1.807) is 12.1 Å². The first kappa shape index (κ1) is 13.8. The van der Waals surface area contributed by atoms with Crippen LogP contribution in [-0.2, 0) is 9.47 Å². The molecule has 5 heteroatoms. The van der Waals surface area contributed by atoms with Crippen LogP contribution in [0.25, 0.3) is 0 Å². The molecule has 0 aliphatic carbocycles. The molecular weight excluding hydrogens is 244 g/mol. The minimum absolute atomic E-state index is 0.0511. The van der Waals surface area contributed by atoms with Crippen LogP contribution in [0, 0.1) is 0 Å². The standard InChI is InChI=1S/C14H20N2O3/c1-10(2)15-13-5-3-4-12(16-13)14(17)19-11-6-8-18-9-7-11/h3-5,10-11H,6-9H2,1-2H3,(H,15,16). The van der Waals surface area contributed by atoms with Gasteiger partial charge in [-0.15, -0.1) is 0 Å². The van der Waals surface area contributed by atoms with E-state index in [-0.39, 0.29) is 18.1 Å². The first-order valence-corrected chi connectivity index (χ1v) is 6.67. The molecule has 1 saturated heterocycles. The Morgan fingerprint density at radius 2 is 2.16 bits per heavy atom. The van der Waals surface area contributed by atoms with Crippen LogP contribution in [0.5, 0.6) is 0 Å². The van der Waals surface area contributed by atoms with Crippen molar-refractivity contribution in [1.82, 2.24) is 4.98 Å². The Kier molecular flexibility index (Phi) is 4.74. The second kappa shape index (κ2) is 6.52. The lowest BCUT2D eigenvalue weighted by molar-refractivity contribution is -0.0163. The van der Waals surface area contributed by atoms with Crippen LogP contribution >= 0.6 is 0 Å². The molecule has 0 aromatic carbocycles. The van der Waals surface area contributed by atoms with Crippen LogP contribution in [0.1, 0.15) is 37.2 Å². The molecule has 5 nitrogen and oxygen atoms in total. The minimum Gasteiger partial charge on any atom is -0.457 e. The van der Waals surface area contributed by atoms with Crippen LogP contribution in [0.3, 0.4) is 0 Å². The number of nitrogens with zero attached hydrogens (tertiary/aromatic N) is 1. The SMILES string of the molecule is CC(C)Nc1cccc(C(=O)OC2CCOCC2)n1. The molecule has 1 aliphatic rings. The van der Waals surface area contributed by atoms with Gasteiger partial charge in [0.15, 0.2) is 5.69 Å². The smallest absolute Gasteiger partial charge is 0.357 e. The lowest BCUT2D eigenvalue weighted by atomic mass is 10.1. The van der Waals surface area contributed by atoms with Gasteiger partial charge in [0.25, 0.3) is 0 Å². The second-order valence-corrected chi connectivity index (χ2v) is 4.92. The van der Waals surface area contributed by atoms with Gasteiger partial charge in [-0.1, -0.05) is 6.07 Å². The fourth-order valence-electron chi connectivity index (χ4n) is 1.93. The summed E-state index contributed by atoms with van der Waals surface area (Å²) in [5, 5.41) is 3.16. The molecule has 1 N–H and O–H groups in total. The highest BCUT2D eigenvalue weighted by molar-refractivity contribution is 5.87. The van der Waals surface area contributed by atoms with Crippen LogP contribution < -0.4 is 5.32 Å². The van der Waals surface area contributed by atoms with Gasteiger partial charge in [-0.05, 0) is 26.0 Å². The zero-order valence-electron chi connectivity index (χ0n) is 11.4. The molecule has 0 atom stereocenters. The molecule has 1 fully saturated rings. The Morgan fingerprint density at radius 1 is 1.42 bits per heavy atom. The second-order valence-electron chi connectivity index (χ2n) is 4.92. The maximum atomic E-state index is 12.0. The van der Waals surface area contributed by atoms with Crippen LogP contribution in [0.4, 0.5) is 5.82 Å². The fourth-order valence-corrected chi connectivity index (χ4v) is 1.93. The molecule has 1 aromatic rings. The van der Waals surface area contributed by atoms with Gasteiger partial charge in [0.2, 0.25) is 0 Å². The summed E-state index contributed by atoms with van der Waals surface area (Å²) in [6.45, 7) is 5.35. The van der Waals surface area contributed by atoms with E-state index in [0.29, 0.717) is 24.7 Å². The highest BCUT2D eigenvalue weighted by Gasteiger charge is 2.20. The zero-order chi connectivity index (χ0) is 13.7. The highest BCUT2D eigenvalue weighted by Crippen LogP contribution is 2.14. The Balaban J connectivity index is 1.97. The minimum atomic E-state index is -0.362. The van der Waals surface area contributed by atoms with Crippen LogP contribution in [0.15, 0.2) is 18.2 Å². The number of esters is 1. The summed E-state index contributed by atoms with van der Waals surface area (Å²) >= 11 is 0. The van der Waals surface area contributed by atoms with E-state index in [4.69, 9.17) is 9.47 Å². The topological polar surface area (TPSA) is 60.5 Å². The average molecular weight is 264 g/mol. The number of hydrogen-bond donors (Lipinski definition) is 1. The number of nitrogens with one attached hydrogen (secondary N) is 1. The largest absolute Gasteiger partial charge is 0.457 e. The van der Waals surface area contributed by atoms with Crippen molar-refractivity contribution in [3.63, 3.8) is 0 Å². The lowest BCUT2D eigenvalue weighted by Crippen LogP contribution is -2.26. The van der Waals surface area contributed by atoms with E-state index in [0.717, 1.165) is 12.8 Å². The lowest BCUT2D eigenvalue weighted by Gasteiger charge is -2.22. The molecule has 104 valence electrons. The Hall–Kier alpha value is -1.62. The van der Waals surface area contributed by atoms with Crippen molar-refractivity contribution in [1.29, 1.82) is 0 Å². The molecule has 0 radical (unpaired) electrons. The summed E-state index contributed by atoms with van der Waals surface area (Å²) in [5.74, 6) is 0.329. The molecule has 0 spiro atoms. The maximum Gasteiger partial charge on any atom is 0.357 e. The third-order valence-corrected chi connectivity index (χ3v) is 2.84. The van der Waals surface area contributed by atoms with Gasteiger partial charge < -0.3 is 14.8 Å². The molecular formula is C14H20N2O3. The van der Waals surface area contributed by atoms with Gasteiger partial charge in [-0.3, -0.25) is 0 Å². The summed E-state index contributed by atoms with van der Waals surface area (Å²) in [5.41, 5.74) is 0.345. The summed E-state index contributed by atoms with van der Waals surface area (Å²) in [6.07, 6.45) is 1.47. The van der Waals surface area contributed by atoms with Crippen molar-refractivity contribution >= 4 is 11.8 Å². The summed E-state index contributed by atoms with van der Waals surface area (Å²) < 4.78 is 10.7. The van der Waals surface area contributed by atoms with Gasteiger partial charge in [0, 0.05) is 18.9 Å². The fraction of sp³-hybridized carbons (Fsp3) is 0.571. The number of hydrogen-bond acceptors (Lipinski definition) is 5. The number of carbonyl (C=O) groups excluding carboxylic acids is 1. The monoisotopic (exact) mass is 264 g/mol. The van der Waals surface area contributed by atoms with Crippen molar-refractivity contribution in [2.45, 2.75) is 38.8 Å². The highest BCUT2D eigenvalue weighted by atomic mass is 16.6. The quantitative estimate of drug-likeness (QED) is 0.845. The van der Waals surface area contributed by atoms with Gasteiger partial charge >= 0.3 is 5.97 Å². The van der Waals surface area contributed by atoms with Gasteiger partial charge in [-0.25, -0.2) is 9.78 Å². The molecule has 0 unspecified atom stereocenters. The van der Waals surface area contributed by atoms with Gasteiger partial charge in [0.05, 0.1) is 13.2 Å². The molecule has 2 rings (SSSR count). The normalized spacial score (nSPS) is 16.4. The summed E-state index contributed by atoms with van der Waals surface area (Å²) in [6, 6.07) is 5.59. The Bertz CT molecular complexity index is 428. The molecule has 1 aromatic heterocycles. The number of carbonyl (C=O) groups is 1. The number of anilines is 1. The summed E-state index contributed by atoms with van der Waals surface area (Å²) in [4.78, 5) is 16.3. The first-order valence-electron chi connectivity index (χ1n) is 6.67. The van der Waals surface area contributed by atoms with Crippen molar-refractivity contribution in [3.8, 4) is 0 Å². The van der Waals surface area contributed by atoms with E-state index < -0.39 is 0 Å². The first-order chi connectivity index (χ1) is 9.15. The number of pyridine rings is 1. The van der Waals surface area contributed by atoms with Crippen molar-refractivity contribution in [2.24, 2.45) is 0 Å². The van der Waals surface area contributed by atoms with Crippen LogP contribution in [-0.4, -0.2) is 36.3 Å². The molecule has 0 bridgehead atoms. The van der Waals surface area contributed by atoms with E-state index in [1.165, 1.54) is 0 Å². The molecule has 19 heavy (non-hydrogen) atoms. The third-order valence-electron chi connectivity index (χ3n) is 2.84. The summed E-state index contributed by atoms with van der Waals surface area (Å²) in [7, 11) is 0. The Labute approximate surface area is 113 Å². The van der Waals surface area contributed by atoms with Gasteiger partial charge in [0.1, 0.15) is 11.9 Å². The molecule has 0 amide bonds. The van der Waals surface area contributed by atoms with E-state index in [1.807, 2.05) is 19.9 Å². The predicted molar refractivity (Wildman–Crippen MR) is 72.3 cm³/mol. The third kappa shape index (κ3) is 4.21. The predicted octanol–water partition coefficient (Wildman–Crippen LogP) is 2.24. The molecule has 1 aliphatic heterocycles. The number of aromatic nitrogens is 1. The molecule has 2 heterocycles. The van der Waals surface area contributed by atoms with Crippen molar-refractivity contribution in [2.75, 3.05) is 18.5 Å². The average Bonchev–Trinajstić information content (AvgIpc) is 2.39. The van der Waals surface area contributed by atoms with E-state index >= 15 is 0 Å². The Morgan fingerprint density at radius 3 is 2.84 bits per heavy atom. The zero-order valence-corrected chi connectivity index (χ0v) is 11.4. The van der Waals surface area contributed by atoms with E-state index in [2.05, 4.69) is 10.3 Å². The van der Waals surface area contributed by atoms with Gasteiger partial charge in [-0.2, -0.15) is 0 Å². The number of ether oxygens (including phenoxy) is 2. The maximum absolute atomic E-state index is 12.0.